The third-order valence-electron chi connectivity index (χ3n) is 3.69. The summed E-state index contributed by atoms with van der Waals surface area (Å²) >= 11 is 1.68. The van der Waals surface area contributed by atoms with Crippen LogP contribution in [0.1, 0.15) is 23.4 Å². The summed E-state index contributed by atoms with van der Waals surface area (Å²) in [6, 6.07) is 3.92. The van der Waals surface area contributed by atoms with Crippen molar-refractivity contribution < 1.29 is 9.53 Å². The lowest BCUT2D eigenvalue weighted by Crippen LogP contribution is -2.35. The van der Waals surface area contributed by atoms with Gasteiger partial charge in [-0.25, -0.2) is 4.98 Å². The highest BCUT2D eigenvalue weighted by molar-refractivity contribution is 7.15. The highest BCUT2D eigenvalue weighted by Crippen LogP contribution is 2.27. The fourth-order valence-electron chi connectivity index (χ4n) is 2.48. The molecule has 1 amide bonds. The van der Waals surface area contributed by atoms with E-state index in [-0.39, 0.29) is 12.0 Å². The van der Waals surface area contributed by atoms with Gasteiger partial charge in [0.15, 0.2) is 0 Å². The zero-order valence-corrected chi connectivity index (χ0v) is 13.4. The van der Waals surface area contributed by atoms with E-state index < -0.39 is 0 Å². The summed E-state index contributed by atoms with van der Waals surface area (Å²) < 4.78 is 5.38. The molecular weight excluding hydrogens is 298 g/mol. The molecule has 1 fully saturated rings. The second-order valence-corrected chi connectivity index (χ2v) is 6.39. The Morgan fingerprint density at radius 2 is 2.27 bits per heavy atom. The number of pyridine rings is 1. The minimum atomic E-state index is -0.255. The van der Waals surface area contributed by atoms with E-state index in [1.807, 2.05) is 19.1 Å². The first-order valence-electron chi connectivity index (χ1n) is 7.50. The second-order valence-electron chi connectivity index (χ2n) is 5.31. The molecule has 3 heterocycles. The van der Waals surface area contributed by atoms with Crippen LogP contribution in [0.3, 0.4) is 0 Å². The second kappa shape index (κ2) is 6.98. The number of nitrogens with zero attached hydrogens (tertiary/aromatic N) is 2. The average molecular weight is 317 g/mol. The molecule has 1 N–H and O–H groups in total. The summed E-state index contributed by atoms with van der Waals surface area (Å²) in [7, 11) is 0. The van der Waals surface area contributed by atoms with Crippen LogP contribution in [0, 0.1) is 6.92 Å². The Balaban J connectivity index is 1.57. The van der Waals surface area contributed by atoms with Gasteiger partial charge >= 0.3 is 0 Å². The largest absolute Gasteiger partial charge is 0.368 e. The molecule has 1 unspecified atom stereocenters. The summed E-state index contributed by atoms with van der Waals surface area (Å²) in [5, 5.41) is 3.95. The Bertz CT molecular complexity index is 636. The van der Waals surface area contributed by atoms with Gasteiger partial charge in [0.1, 0.15) is 11.1 Å². The highest BCUT2D eigenvalue weighted by atomic mass is 32.1. The van der Waals surface area contributed by atoms with Gasteiger partial charge in [-0.15, -0.1) is 11.3 Å². The molecule has 1 aliphatic rings. The maximum atomic E-state index is 11.9. The lowest BCUT2D eigenvalue weighted by atomic mass is 10.2. The summed E-state index contributed by atoms with van der Waals surface area (Å²) in [5.74, 6) is 0.00836. The molecule has 1 saturated heterocycles. The number of amides is 1. The van der Waals surface area contributed by atoms with E-state index in [4.69, 9.17) is 4.74 Å². The average Bonchev–Trinajstić information content (AvgIpc) is 3.18. The van der Waals surface area contributed by atoms with Crippen molar-refractivity contribution in [2.45, 2.75) is 32.3 Å². The van der Waals surface area contributed by atoms with Gasteiger partial charge < -0.3 is 10.1 Å². The molecule has 0 saturated carbocycles. The van der Waals surface area contributed by atoms with E-state index in [0.717, 1.165) is 35.5 Å². The minimum Gasteiger partial charge on any atom is -0.368 e. The number of nitrogens with one attached hydrogen (secondary N) is 1. The third kappa shape index (κ3) is 3.51. The van der Waals surface area contributed by atoms with E-state index in [2.05, 4.69) is 15.3 Å². The molecule has 22 heavy (non-hydrogen) atoms. The molecule has 1 atom stereocenters. The van der Waals surface area contributed by atoms with Crippen LogP contribution in [-0.4, -0.2) is 35.1 Å². The zero-order chi connectivity index (χ0) is 15.4. The summed E-state index contributed by atoms with van der Waals surface area (Å²) in [5.41, 5.74) is 2.11. The zero-order valence-electron chi connectivity index (χ0n) is 12.5. The van der Waals surface area contributed by atoms with Crippen LogP contribution in [0.4, 0.5) is 0 Å². The van der Waals surface area contributed by atoms with Gasteiger partial charge in [0.2, 0.25) is 5.91 Å². The van der Waals surface area contributed by atoms with Gasteiger partial charge in [-0.1, -0.05) is 0 Å². The van der Waals surface area contributed by atoms with Crippen LogP contribution in [0.15, 0.2) is 24.5 Å². The molecule has 0 bridgehead atoms. The fourth-order valence-corrected chi connectivity index (χ4v) is 3.54. The number of thiazole rings is 1. The van der Waals surface area contributed by atoms with E-state index in [0.29, 0.717) is 13.2 Å². The fraction of sp³-hybridized carbons (Fsp3) is 0.438. The number of ether oxygens (including phenoxy) is 1. The van der Waals surface area contributed by atoms with Crippen LogP contribution < -0.4 is 5.32 Å². The van der Waals surface area contributed by atoms with Gasteiger partial charge in [0.25, 0.3) is 0 Å². The molecule has 0 aliphatic carbocycles. The Labute approximate surface area is 133 Å². The van der Waals surface area contributed by atoms with Gasteiger partial charge in [-0.05, 0) is 31.9 Å². The van der Waals surface area contributed by atoms with Crippen molar-refractivity contribution >= 4 is 17.2 Å². The Morgan fingerprint density at radius 3 is 3.00 bits per heavy atom. The van der Waals surface area contributed by atoms with E-state index >= 15 is 0 Å². The molecule has 2 aromatic rings. The van der Waals surface area contributed by atoms with Gasteiger partial charge in [-0.2, -0.15) is 0 Å². The van der Waals surface area contributed by atoms with E-state index in [1.54, 1.807) is 23.7 Å². The van der Waals surface area contributed by atoms with Crippen molar-refractivity contribution in [2.24, 2.45) is 0 Å². The highest BCUT2D eigenvalue weighted by Gasteiger charge is 2.23. The molecule has 6 heteroatoms. The maximum Gasteiger partial charge on any atom is 0.249 e. The standard InChI is InChI=1S/C16H19N3O2S/c1-11-14(6-9-18-15(20)13-3-2-10-21-13)22-16(19-11)12-4-7-17-8-5-12/h4-5,7-8,13H,2-3,6,9-10H2,1H3,(H,18,20). The van der Waals surface area contributed by atoms with Crippen molar-refractivity contribution in [3.63, 3.8) is 0 Å². The number of aryl methyl sites for hydroxylation is 1. The van der Waals surface area contributed by atoms with Gasteiger partial charge in [0, 0.05) is 42.4 Å². The molecular formula is C16H19N3O2S. The first-order chi connectivity index (χ1) is 10.7. The molecule has 0 spiro atoms. The van der Waals surface area contributed by atoms with Crippen LogP contribution in [0.25, 0.3) is 10.6 Å². The number of carbonyl (C=O) groups excluding carboxylic acids is 1. The van der Waals surface area contributed by atoms with Crippen molar-refractivity contribution in [2.75, 3.05) is 13.2 Å². The van der Waals surface area contributed by atoms with Crippen LogP contribution >= 0.6 is 11.3 Å². The van der Waals surface area contributed by atoms with E-state index in [9.17, 15) is 4.79 Å². The van der Waals surface area contributed by atoms with Crippen LogP contribution in [0.5, 0.6) is 0 Å². The SMILES string of the molecule is Cc1nc(-c2ccncc2)sc1CCNC(=O)C1CCCO1. The first kappa shape index (κ1) is 15.1. The minimum absolute atomic E-state index is 0.00836. The first-order valence-corrected chi connectivity index (χ1v) is 8.31. The third-order valence-corrected chi connectivity index (χ3v) is 4.96. The van der Waals surface area contributed by atoms with Crippen LogP contribution in [0.2, 0.25) is 0 Å². The molecule has 0 radical (unpaired) electrons. The van der Waals surface area contributed by atoms with Crippen molar-refractivity contribution in [1.29, 1.82) is 0 Å². The predicted octanol–water partition coefficient (Wildman–Crippen LogP) is 2.35. The number of rotatable bonds is 5. The topological polar surface area (TPSA) is 64.1 Å². The van der Waals surface area contributed by atoms with Crippen molar-refractivity contribution in [3.05, 3.63) is 35.1 Å². The smallest absolute Gasteiger partial charge is 0.249 e. The molecule has 2 aromatic heterocycles. The van der Waals surface area contributed by atoms with E-state index in [1.165, 1.54) is 4.88 Å². The summed E-state index contributed by atoms with van der Waals surface area (Å²) in [4.78, 5) is 21.7. The summed E-state index contributed by atoms with van der Waals surface area (Å²) in [6.45, 7) is 3.33. The monoisotopic (exact) mass is 317 g/mol. The Morgan fingerprint density at radius 1 is 1.45 bits per heavy atom. The molecule has 5 nitrogen and oxygen atoms in total. The van der Waals surface area contributed by atoms with Gasteiger partial charge in [0.05, 0.1) is 5.69 Å². The number of aromatic nitrogens is 2. The molecule has 116 valence electrons. The lowest BCUT2D eigenvalue weighted by Gasteiger charge is -2.09. The number of hydrogen-bond acceptors (Lipinski definition) is 5. The molecule has 1 aliphatic heterocycles. The number of carbonyl (C=O) groups is 1. The van der Waals surface area contributed by atoms with Crippen molar-refractivity contribution in [3.8, 4) is 10.6 Å². The molecule has 0 aromatic carbocycles. The molecule has 3 rings (SSSR count). The lowest BCUT2D eigenvalue weighted by molar-refractivity contribution is -0.129. The number of hydrogen-bond donors (Lipinski definition) is 1. The Kier molecular flexibility index (Phi) is 4.80. The van der Waals surface area contributed by atoms with Crippen LogP contribution in [-0.2, 0) is 16.0 Å². The van der Waals surface area contributed by atoms with Gasteiger partial charge in [-0.3, -0.25) is 9.78 Å². The predicted molar refractivity (Wildman–Crippen MR) is 85.8 cm³/mol. The summed E-state index contributed by atoms with van der Waals surface area (Å²) in [6.07, 6.45) is 5.89. The normalized spacial score (nSPS) is 17.6. The quantitative estimate of drug-likeness (QED) is 0.919. The van der Waals surface area contributed by atoms with Crippen molar-refractivity contribution in [1.82, 2.24) is 15.3 Å². The maximum absolute atomic E-state index is 11.9. The Hall–Kier alpha value is -1.79.